The van der Waals surface area contributed by atoms with Crippen LogP contribution >= 0.6 is 0 Å². The summed E-state index contributed by atoms with van der Waals surface area (Å²) in [5, 5.41) is 13.1. The Bertz CT molecular complexity index is 796. The van der Waals surface area contributed by atoms with Crippen molar-refractivity contribution in [3.8, 4) is 6.07 Å². The molecule has 4 bridgehead atoms. The van der Waals surface area contributed by atoms with Crippen molar-refractivity contribution in [1.82, 2.24) is 0 Å². The zero-order chi connectivity index (χ0) is 19.7. The smallest absolute Gasteiger partial charge is 0.107 e. The quantitative estimate of drug-likeness (QED) is 0.682. The molecule has 4 aliphatic carbocycles. The molecule has 4 fully saturated rings. The van der Waals surface area contributed by atoms with E-state index in [0.717, 1.165) is 48.3 Å². The first-order valence-electron chi connectivity index (χ1n) is 11.6. The fourth-order valence-corrected chi connectivity index (χ4v) is 7.29. The second kappa shape index (κ2) is 8.74. The molecule has 4 saturated carbocycles. The lowest BCUT2D eigenvalue weighted by Crippen LogP contribution is -3.00. The molecule has 4 aliphatic rings. The van der Waals surface area contributed by atoms with Crippen molar-refractivity contribution in [3.63, 3.8) is 0 Å². The standard InChI is InChI=1S/C27H32N2.ClH/c28-20-27(24-8-3-1-4-9-24,25-10-5-2-6-11-25)12-7-13-29-26-17-21-14-22(18-26)16-23(15-21)19-26;/h1-6,8-11,21-23,29H,7,12-19H2;1H. The number of hydrogen-bond acceptors (Lipinski definition) is 1. The molecule has 0 unspecified atom stereocenters. The van der Waals surface area contributed by atoms with E-state index in [4.69, 9.17) is 0 Å². The third-order valence-electron chi connectivity index (χ3n) is 8.14. The van der Waals surface area contributed by atoms with Crippen LogP contribution in [0, 0.1) is 29.1 Å². The summed E-state index contributed by atoms with van der Waals surface area (Å²) in [6.07, 6.45) is 10.8. The maximum Gasteiger partial charge on any atom is 0.107 e. The molecule has 2 nitrogen and oxygen atoms in total. The van der Waals surface area contributed by atoms with Crippen molar-refractivity contribution in [2.75, 3.05) is 6.54 Å². The zero-order valence-corrected chi connectivity index (χ0v) is 18.5. The molecule has 30 heavy (non-hydrogen) atoms. The van der Waals surface area contributed by atoms with E-state index in [1.165, 1.54) is 38.5 Å². The van der Waals surface area contributed by atoms with Gasteiger partial charge in [-0.3, -0.25) is 0 Å². The third kappa shape index (κ3) is 3.91. The molecule has 0 radical (unpaired) electrons. The van der Waals surface area contributed by atoms with E-state index in [0.29, 0.717) is 5.54 Å². The van der Waals surface area contributed by atoms with Gasteiger partial charge in [0.1, 0.15) is 5.41 Å². The van der Waals surface area contributed by atoms with Crippen molar-refractivity contribution in [1.29, 1.82) is 5.26 Å². The van der Waals surface area contributed by atoms with Crippen molar-refractivity contribution in [3.05, 3.63) is 71.8 Å². The molecular weight excluding hydrogens is 388 g/mol. The lowest BCUT2D eigenvalue weighted by molar-refractivity contribution is -0.739. The van der Waals surface area contributed by atoms with Crippen LogP contribution in [0.15, 0.2) is 60.7 Å². The normalized spacial score (nSPS) is 29.2. The minimum absolute atomic E-state index is 0. The second-order valence-corrected chi connectivity index (χ2v) is 10.1. The van der Waals surface area contributed by atoms with E-state index < -0.39 is 5.41 Å². The molecule has 2 aromatic rings. The van der Waals surface area contributed by atoms with E-state index in [1.807, 2.05) is 12.1 Å². The molecule has 6 rings (SSSR count). The fraction of sp³-hybridized carbons (Fsp3) is 0.519. The highest BCUT2D eigenvalue weighted by Crippen LogP contribution is 2.54. The van der Waals surface area contributed by atoms with Gasteiger partial charge in [0.15, 0.2) is 0 Å². The van der Waals surface area contributed by atoms with Gasteiger partial charge in [-0.2, -0.15) is 5.26 Å². The van der Waals surface area contributed by atoms with Gasteiger partial charge in [0, 0.05) is 19.3 Å². The zero-order valence-electron chi connectivity index (χ0n) is 17.8. The van der Waals surface area contributed by atoms with Crippen LogP contribution in [0.5, 0.6) is 0 Å². The molecule has 0 spiro atoms. The highest BCUT2D eigenvalue weighted by atomic mass is 35.5. The van der Waals surface area contributed by atoms with E-state index >= 15 is 0 Å². The molecule has 3 heteroatoms. The molecule has 0 saturated heterocycles. The lowest BCUT2D eigenvalue weighted by Gasteiger charge is -2.54. The Labute approximate surface area is 187 Å². The number of halogens is 1. The Balaban J connectivity index is 0.00000218. The monoisotopic (exact) mass is 420 g/mol. The van der Waals surface area contributed by atoms with Crippen molar-refractivity contribution in [2.45, 2.75) is 62.3 Å². The third-order valence-corrected chi connectivity index (χ3v) is 8.14. The second-order valence-electron chi connectivity index (χ2n) is 10.1. The minimum Gasteiger partial charge on any atom is -1.00 e. The SMILES string of the molecule is N#CC(CCC[NH2+]C12CC3CC(CC(C3)C1)C2)(c1ccccc1)c1ccccc1.[Cl-]. The van der Waals surface area contributed by atoms with Gasteiger partial charge in [-0.15, -0.1) is 0 Å². The first-order valence-corrected chi connectivity index (χ1v) is 11.6. The molecule has 158 valence electrons. The van der Waals surface area contributed by atoms with E-state index in [9.17, 15) is 5.26 Å². The van der Waals surface area contributed by atoms with E-state index in [2.05, 4.69) is 59.9 Å². The Morgan fingerprint density at radius 3 is 1.73 bits per heavy atom. The summed E-state index contributed by atoms with van der Waals surface area (Å²) in [6, 6.07) is 23.5. The van der Waals surface area contributed by atoms with Crippen molar-refractivity contribution in [2.24, 2.45) is 17.8 Å². The molecule has 0 heterocycles. The number of nitrogens with zero attached hydrogens (tertiary/aromatic N) is 1. The summed E-state index contributed by atoms with van der Waals surface area (Å²) < 4.78 is 0. The predicted octanol–water partition coefficient (Wildman–Crippen LogP) is 1.81. The van der Waals surface area contributed by atoms with Crippen LogP contribution in [0.3, 0.4) is 0 Å². The van der Waals surface area contributed by atoms with Crippen molar-refractivity contribution >= 4 is 0 Å². The van der Waals surface area contributed by atoms with Crippen LogP contribution in [-0.4, -0.2) is 12.1 Å². The summed E-state index contributed by atoms with van der Waals surface area (Å²) in [4.78, 5) is 0. The fourth-order valence-electron chi connectivity index (χ4n) is 7.29. The van der Waals surface area contributed by atoms with Gasteiger partial charge in [0.05, 0.1) is 18.2 Å². The summed E-state index contributed by atoms with van der Waals surface area (Å²) >= 11 is 0. The van der Waals surface area contributed by atoms with E-state index in [1.54, 1.807) is 0 Å². The van der Waals surface area contributed by atoms with Crippen LogP contribution in [0.1, 0.15) is 62.5 Å². The number of quaternary nitrogens is 1. The predicted molar refractivity (Wildman–Crippen MR) is 116 cm³/mol. The van der Waals surface area contributed by atoms with Gasteiger partial charge in [-0.05, 0) is 61.0 Å². The Morgan fingerprint density at radius 1 is 0.833 bits per heavy atom. The summed E-state index contributed by atoms with van der Waals surface area (Å²) in [5.41, 5.74) is 2.24. The van der Waals surface area contributed by atoms with Gasteiger partial charge < -0.3 is 17.7 Å². The number of nitrogens with two attached hydrogens (primary N) is 1. The van der Waals surface area contributed by atoms with Gasteiger partial charge >= 0.3 is 0 Å². The highest BCUT2D eigenvalue weighted by Gasteiger charge is 2.53. The van der Waals surface area contributed by atoms with Gasteiger partial charge in [0.2, 0.25) is 0 Å². The molecule has 0 atom stereocenters. The number of hydrogen-bond donors (Lipinski definition) is 1. The Hall–Kier alpha value is -1.82. The summed E-state index contributed by atoms with van der Waals surface area (Å²) in [7, 11) is 0. The highest BCUT2D eigenvalue weighted by molar-refractivity contribution is 5.45. The lowest BCUT2D eigenvalue weighted by atomic mass is 9.53. The summed E-state index contributed by atoms with van der Waals surface area (Å²) in [5.74, 6) is 3.01. The van der Waals surface area contributed by atoms with Gasteiger partial charge in [-0.25, -0.2) is 0 Å². The van der Waals surface area contributed by atoms with Gasteiger partial charge in [0.25, 0.3) is 0 Å². The molecule has 0 aromatic heterocycles. The number of nitriles is 1. The summed E-state index contributed by atoms with van der Waals surface area (Å²) in [6.45, 7) is 1.15. The minimum atomic E-state index is -0.544. The molecule has 0 amide bonds. The first-order chi connectivity index (χ1) is 14.2. The molecule has 2 aromatic carbocycles. The number of benzene rings is 2. The maximum atomic E-state index is 10.4. The Morgan fingerprint density at radius 2 is 1.30 bits per heavy atom. The van der Waals surface area contributed by atoms with Crippen LogP contribution in [0.25, 0.3) is 0 Å². The van der Waals surface area contributed by atoms with Crippen LogP contribution in [0.2, 0.25) is 0 Å². The average molecular weight is 421 g/mol. The largest absolute Gasteiger partial charge is 1.00 e. The van der Waals surface area contributed by atoms with Gasteiger partial charge in [-0.1, -0.05) is 60.7 Å². The maximum absolute atomic E-state index is 10.4. The molecule has 2 N–H and O–H groups in total. The Kier molecular flexibility index (Phi) is 6.24. The molecular formula is C27H33ClN2. The average Bonchev–Trinajstić information content (AvgIpc) is 2.74. The topological polar surface area (TPSA) is 40.4 Å². The van der Waals surface area contributed by atoms with Crippen LogP contribution in [0.4, 0.5) is 0 Å². The van der Waals surface area contributed by atoms with Crippen LogP contribution in [-0.2, 0) is 5.41 Å². The van der Waals surface area contributed by atoms with E-state index in [-0.39, 0.29) is 12.4 Å². The van der Waals surface area contributed by atoms with Crippen LogP contribution < -0.4 is 17.7 Å². The number of rotatable bonds is 7. The van der Waals surface area contributed by atoms with Crippen molar-refractivity contribution < 1.29 is 17.7 Å². The molecule has 0 aliphatic heterocycles. The first kappa shape index (κ1) is 21.4.